The average Bonchev–Trinajstić information content (AvgIpc) is 2.85. The third-order valence-electron chi connectivity index (χ3n) is 3.47. The Morgan fingerprint density at radius 1 is 1.56 bits per heavy atom. The highest BCUT2D eigenvalue weighted by Gasteiger charge is 2.72. The summed E-state index contributed by atoms with van der Waals surface area (Å²) in [5.74, 6) is -3.96. The molecule has 0 bridgehead atoms. The minimum absolute atomic E-state index is 0.0645. The van der Waals surface area contributed by atoms with Gasteiger partial charge in [-0.2, -0.15) is 5.26 Å². The molecule has 0 heterocycles. The Hall–Kier alpha value is -1.87. The molecule has 84 valence electrons. The van der Waals surface area contributed by atoms with Crippen LogP contribution in [0.2, 0.25) is 0 Å². The van der Waals surface area contributed by atoms with Gasteiger partial charge in [-0.15, -0.1) is 0 Å². The molecule has 16 heavy (non-hydrogen) atoms. The first-order chi connectivity index (χ1) is 7.43. The number of carboxylic acids is 2. The second-order valence-corrected chi connectivity index (χ2v) is 4.29. The van der Waals surface area contributed by atoms with Gasteiger partial charge in [0.15, 0.2) is 0 Å². The molecule has 6 nitrogen and oxygen atoms in total. The lowest BCUT2D eigenvalue weighted by Gasteiger charge is -2.21. The summed E-state index contributed by atoms with van der Waals surface area (Å²) in [6.45, 7) is 0. The highest BCUT2D eigenvalue weighted by atomic mass is 16.4. The molecule has 0 aliphatic heterocycles. The van der Waals surface area contributed by atoms with Crippen LogP contribution in [-0.2, 0) is 9.59 Å². The van der Waals surface area contributed by atoms with E-state index >= 15 is 0 Å². The molecule has 0 aromatic carbocycles. The minimum Gasteiger partial charge on any atom is -0.481 e. The molecular formula is C10H10N2O4. The maximum absolute atomic E-state index is 11.1. The van der Waals surface area contributed by atoms with Gasteiger partial charge in [-0.3, -0.25) is 9.59 Å². The van der Waals surface area contributed by atoms with Crippen LogP contribution in [-0.4, -0.2) is 27.7 Å². The number of nitrogens with zero attached hydrogens (tertiary/aromatic N) is 1. The van der Waals surface area contributed by atoms with Crippen LogP contribution in [0.4, 0.5) is 0 Å². The van der Waals surface area contributed by atoms with E-state index in [1.807, 2.05) is 0 Å². The van der Waals surface area contributed by atoms with Gasteiger partial charge in [0.1, 0.15) is 5.54 Å². The number of carboxylic acid groups (broad SMARTS) is 2. The van der Waals surface area contributed by atoms with E-state index in [0.717, 1.165) is 0 Å². The molecule has 0 radical (unpaired) electrons. The largest absolute Gasteiger partial charge is 0.481 e. The summed E-state index contributed by atoms with van der Waals surface area (Å²) in [7, 11) is 0. The van der Waals surface area contributed by atoms with Gasteiger partial charge < -0.3 is 15.9 Å². The molecule has 6 heteroatoms. The van der Waals surface area contributed by atoms with Gasteiger partial charge in [0.05, 0.1) is 12.0 Å². The van der Waals surface area contributed by atoms with Crippen molar-refractivity contribution in [3.8, 4) is 6.07 Å². The monoisotopic (exact) mass is 222 g/mol. The van der Waals surface area contributed by atoms with Crippen molar-refractivity contribution >= 4 is 11.9 Å². The third kappa shape index (κ3) is 1.15. The predicted octanol–water partition coefficient (Wildman–Crippen LogP) is -0.431. The number of fused-ring (bicyclic) bond motifs is 1. The molecular weight excluding hydrogens is 212 g/mol. The number of hydrogen-bond acceptors (Lipinski definition) is 4. The van der Waals surface area contributed by atoms with Crippen molar-refractivity contribution in [1.29, 1.82) is 5.26 Å². The van der Waals surface area contributed by atoms with Gasteiger partial charge in [-0.25, -0.2) is 0 Å². The van der Waals surface area contributed by atoms with Crippen molar-refractivity contribution in [2.24, 2.45) is 23.5 Å². The average molecular weight is 222 g/mol. The number of nitrogens with two attached hydrogens (primary N) is 1. The van der Waals surface area contributed by atoms with Crippen LogP contribution in [0.5, 0.6) is 0 Å². The van der Waals surface area contributed by atoms with E-state index in [9.17, 15) is 9.59 Å². The van der Waals surface area contributed by atoms with Gasteiger partial charge in [0.25, 0.3) is 0 Å². The standard InChI is InChI=1S/C10H10N2O4/c11-2-1-4-3-10(12,9(15)16)7-5(4)6(7)8(13)14/h1,5-7H,3,12H2,(H,13,14)(H,15,16). The van der Waals surface area contributed by atoms with Crippen molar-refractivity contribution in [3.05, 3.63) is 11.6 Å². The lowest BCUT2D eigenvalue weighted by Crippen LogP contribution is -2.49. The molecule has 0 spiro atoms. The fourth-order valence-corrected chi connectivity index (χ4v) is 2.74. The molecule has 2 fully saturated rings. The van der Waals surface area contributed by atoms with Crippen molar-refractivity contribution in [1.82, 2.24) is 0 Å². The SMILES string of the molecule is N#CC=C1CC(N)(C(=O)O)C2C(C(=O)O)C12. The molecule has 2 saturated carbocycles. The number of nitriles is 1. The molecule has 2 rings (SSSR count). The summed E-state index contributed by atoms with van der Waals surface area (Å²) in [4.78, 5) is 21.9. The summed E-state index contributed by atoms with van der Waals surface area (Å²) < 4.78 is 0. The van der Waals surface area contributed by atoms with E-state index in [4.69, 9.17) is 21.2 Å². The normalized spacial score (nSPS) is 42.5. The van der Waals surface area contributed by atoms with Gasteiger partial charge in [-0.05, 0) is 6.42 Å². The Morgan fingerprint density at radius 3 is 2.62 bits per heavy atom. The Balaban J connectivity index is 2.37. The van der Waals surface area contributed by atoms with Gasteiger partial charge >= 0.3 is 11.9 Å². The highest BCUT2D eigenvalue weighted by molar-refractivity contribution is 5.87. The first-order valence-corrected chi connectivity index (χ1v) is 4.77. The van der Waals surface area contributed by atoms with Crippen LogP contribution in [0.1, 0.15) is 6.42 Å². The molecule has 0 aromatic heterocycles. The number of allylic oxidation sites excluding steroid dienone is 1. The minimum atomic E-state index is -1.53. The molecule has 0 amide bonds. The van der Waals surface area contributed by atoms with E-state index in [0.29, 0.717) is 5.57 Å². The van der Waals surface area contributed by atoms with E-state index in [1.165, 1.54) is 6.08 Å². The van der Waals surface area contributed by atoms with Crippen molar-refractivity contribution in [3.63, 3.8) is 0 Å². The van der Waals surface area contributed by atoms with Crippen LogP contribution in [0, 0.1) is 29.1 Å². The summed E-state index contributed by atoms with van der Waals surface area (Å²) in [5.41, 5.74) is 4.74. The summed E-state index contributed by atoms with van der Waals surface area (Å²) in [6.07, 6.45) is 1.28. The Morgan fingerprint density at radius 2 is 2.19 bits per heavy atom. The number of aliphatic carboxylic acids is 2. The van der Waals surface area contributed by atoms with Crippen LogP contribution >= 0.6 is 0 Å². The maximum Gasteiger partial charge on any atom is 0.324 e. The van der Waals surface area contributed by atoms with Crippen molar-refractivity contribution in [2.45, 2.75) is 12.0 Å². The van der Waals surface area contributed by atoms with E-state index in [-0.39, 0.29) is 12.3 Å². The topological polar surface area (TPSA) is 124 Å². The second kappa shape index (κ2) is 3.06. The second-order valence-electron chi connectivity index (χ2n) is 4.29. The van der Waals surface area contributed by atoms with Crippen LogP contribution in [0.3, 0.4) is 0 Å². The van der Waals surface area contributed by atoms with Crippen LogP contribution < -0.4 is 5.73 Å². The zero-order valence-corrected chi connectivity index (χ0v) is 8.25. The van der Waals surface area contributed by atoms with Gasteiger partial charge in [0, 0.05) is 17.9 Å². The molecule has 2 aliphatic rings. The van der Waals surface area contributed by atoms with Crippen molar-refractivity contribution in [2.75, 3.05) is 0 Å². The smallest absolute Gasteiger partial charge is 0.324 e. The van der Waals surface area contributed by atoms with E-state index < -0.39 is 29.3 Å². The summed E-state index contributed by atoms with van der Waals surface area (Å²) >= 11 is 0. The molecule has 4 N–H and O–H groups in total. The first-order valence-electron chi connectivity index (χ1n) is 4.77. The van der Waals surface area contributed by atoms with Crippen LogP contribution in [0.15, 0.2) is 11.6 Å². The summed E-state index contributed by atoms with van der Waals surface area (Å²) in [6, 6.07) is 1.80. The number of carbonyl (C=O) groups is 2. The van der Waals surface area contributed by atoms with E-state index in [2.05, 4.69) is 0 Å². The Labute approximate surface area is 91.0 Å². The quantitative estimate of drug-likeness (QED) is 0.544. The lowest BCUT2D eigenvalue weighted by molar-refractivity contribution is -0.145. The van der Waals surface area contributed by atoms with Gasteiger partial charge in [-0.1, -0.05) is 5.57 Å². The Bertz CT molecular complexity index is 450. The molecule has 4 unspecified atom stereocenters. The third-order valence-corrected chi connectivity index (χ3v) is 3.47. The zero-order valence-electron chi connectivity index (χ0n) is 8.25. The lowest BCUT2D eigenvalue weighted by atomic mass is 9.90. The Kier molecular flexibility index (Phi) is 2.03. The number of hydrogen-bond donors (Lipinski definition) is 3. The van der Waals surface area contributed by atoms with Crippen LogP contribution in [0.25, 0.3) is 0 Å². The fraction of sp³-hybridized carbons (Fsp3) is 0.500. The molecule has 4 atom stereocenters. The predicted molar refractivity (Wildman–Crippen MR) is 51.0 cm³/mol. The van der Waals surface area contributed by atoms with Crippen molar-refractivity contribution < 1.29 is 19.8 Å². The fourth-order valence-electron chi connectivity index (χ4n) is 2.74. The molecule has 2 aliphatic carbocycles. The first kappa shape index (κ1) is 10.6. The molecule has 0 aromatic rings. The number of rotatable bonds is 2. The van der Waals surface area contributed by atoms with Gasteiger partial charge in [0.2, 0.25) is 0 Å². The highest BCUT2D eigenvalue weighted by Crippen LogP contribution is 2.63. The molecule has 0 saturated heterocycles. The maximum atomic E-state index is 11.1. The van der Waals surface area contributed by atoms with E-state index in [1.54, 1.807) is 6.07 Å². The summed E-state index contributed by atoms with van der Waals surface area (Å²) in [5, 5.41) is 26.5. The zero-order chi connectivity index (χ0) is 12.1.